The lowest BCUT2D eigenvalue weighted by molar-refractivity contribution is 1.22. The molecule has 1 heterocycles. The third kappa shape index (κ3) is 2.26. The Balaban J connectivity index is 2.75. The number of benzene rings is 1. The summed E-state index contributed by atoms with van der Waals surface area (Å²) in [6.07, 6.45) is 1.79. The van der Waals surface area contributed by atoms with E-state index < -0.39 is 0 Å². The maximum absolute atomic E-state index is 8.84. The molecule has 0 saturated heterocycles. The summed E-state index contributed by atoms with van der Waals surface area (Å²) < 4.78 is 0. The molecule has 0 saturated carbocycles. The molecule has 2 rings (SSSR count). The molecule has 5 heteroatoms. The van der Waals surface area contributed by atoms with Gasteiger partial charge in [-0.3, -0.25) is 0 Å². The first-order valence-electron chi connectivity index (χ1n) is 5.20. The Morgan fingerprint density at radius 1 is 1.17 bits per heavy atom. The second-order valence-electron chi connectivity index (χ2n) is 3.66. The standard InChI is InChI=1S/C13H9Cl2N3/c14-9-2-1-3-10(15)12(9)11-8(4-6-16)5-7-18-13(11)17/h1-3,5,7H,4H2,(H2,17,18). The van der Waals surface area contributed by atoms with Crippen LogP contribution in [-0.4, -0.2) is 4.98 Å². The van der Waals surface area contributed by atoms with E-state index in [9.17, 15) is 0 Å². The Hall–Kier alpha value is -1.76. The van der Waals surface area contributed by atoms with Crippen LogP contribution in [0.3, 0.4) is 0 Å². The maximum atomic E-state index is 8.84. The average Bonchev–Trinajstić information content (AvgIpc) is 2.32. The molecule has 0 aliphatic rings. The first kappa shape index (κ1) is 12.7. The van der Waals surface area contributed by atoms with Crippen molar-refractivity contribution in [2.75, 3.05) is 5.73 Å². The first-order chi connectivity index (χ1) is 8.65. The number of nitriles is 1. The third-order valence-electron chi connectivity index (χ3n) is 2.55. The van der Waals surface area contributed by atoms with Crippen LogP contribution in [0.5, 0.6) is 0 Å². The van der Waals surface area contributed by atoms with Crippen LogP contribution in [-0.2, 0) is 6.42 Å². The zero-order valence-electron chi connectivity index (χ0n) is 9.32. The van der Waals surface area contributed by atoms with Crippen LogP contribution in [0.2, 0.25) is 10.0 Å². The summed E-state index contributed by atoms with van der Waals surface area (Å²) in [5.41, 5.74) is 7.90. The van der Waals surface area contributed by atoms with Crippen LogP contribution in [0.4, 0.5) is 5.82 Å². The lowest BCUT2D eigenvalue weighted by atomic mass is 9.99. The van der Waals surface area contributed by atoms with E-state index in [0.717, 1.165) is 5.56 Å². The zero-order valence-corrected chi connectivity index (χ0v) is 10.8. The minimum atomic E-state index is 0.226. The summed E-state index contributed by atoms with van der Waals surface area (Å²) in [5, 5.41) is 9.82. The second kappa shape index (κ2) is 5.26. The van der Waals surface area contributed by atoms with Gasteiger partial charge in [-0.2, -0.15) is 5.26 Å². The second-order valence-corrected chi connectivity index (χ2v) is 4.48. The predicted molar refractivity (Wildman–Crippen MR) is 73.4 cm³/mol. The van der Waals surface area contributed by atoms with Crippen molar-refractivity contribution in [2.24, 2.45) is 0 Å². The Morgan fingerprint density at radius 3 is 2.44 bits per heavy atom. The van der Waals surface area contributed by atoms with Gasteiger partial charge in [-0.05, 0) is 23.8 Å². The van der Waals surface area contributed by atoms with Crippen molar-refractivity contribution in [3.05, 3.63) is 46.1 Å². The van der Waals surface area contributed by atoms with E-state index in [1.54, 1.807) is 30.5 Å². The SMILES string of the molecule is N#CCc1ccnc(N)c1-c1c(Cl)cccc1Cl. The number of hydrogen-bond donors (Lipinski definition) is 1. The number of halogens is 2. The van der Waals surface area contributed by atoms with Gasteiger partial charge >= 0.3 is 0 Å². The van der Waals surface area contributed by atoms with Gasteiger partial charge in [-0.15, -0.1) is 0 Å². The molecule has 18 heavy (non-hydrogen) atoms. The van der Waals surface area contributed by atoms with E-state index in [2.05, 4.69) is 11.1 Å². The van der Waals surface area contributed by atoms with Crippen LogP contribution >= 0.6 is 23.2 Å². The molecule has 0 aliphatic heterocycles. The highest BCUT2D eigenvalue weighted by molar-refractivity contribution is 6.39. The van der Waals surface area contributed by atoms with Gasteiger partial charge in [0.25, 0.3) is 0 Å². The normalized spacial score (nSPS) is 10.1. The number of aromatic nitrogens is 1. The highest BCUT2D eigenvalue weighted by Crippen LogP contribution is 2.39. The fraction of sp³-hybridized carbons (Fsp3) is 0.0769. The van der Waals surface area contributed by atoms with Crippen LogP contribution in [0, 0.1) is 11.3 Å². The number of nitrogen functional groups attached to an aromatic ring is 1. The highest BCUT2D eigenvalue weighted by Gasteiger charge is 2.15. The Labute approximate surface area is 115 Å². The maximum Gasteiger partial charge on any atom is 0.131 e. The number of anilines is 1. The molecule has 0 amide bonds. The summed E-state index contributed by atoms with van der Waals surface area (Å²) in [6.45, 7) is 0. The van der Waals surface area contributed by atoms with Gasteiger partial charge in [0, 0.05) is 17.3 Å². The van der Waals surface area contributed by atoms with Crippen molar-refractivity contribution in [3.63, 3.8) is 0 Å². The van der Waals surface area contributed by atoms with Crippen molar-refractivity contribution in [3.8, 4) is 17.2 Å². The van der Waals surface area contributed by atoms with E-state index in [-0.39, 0.29) is 6.42 Å². The Kier molecular flexibility index (Phi) is 3.71. The fourth-order valence-electron chi connectivity index (χ4n) is 1.78. The smallest absolute Gasteiger partial charge is 0.131 e. The van der Waals surface area contributed by atoms with E-state index in [1.165, 1.54) is 0 Å². The van der Waals surface area contributed by atoms with E-state index >= 15 is 0 Å². The molecule has 2 aromatic rings. The molecule has 3 nitrogen and oxygen atoms in total. The number of nitrogens with two attached hydrogens (primary N) is 1. The van der Waals surface area contributed by atoms with E-state index in [4.69, 9.17) is 34.2 Å². The molecule has 90 valence electrons. The van der Waals surface area contributed by atoms with Crippen molar-refractivity contribution in [1.82, 2.24) is 4.98 Å². The van der Waals surface area contributed by atoms with Crippen LogP contribution in [0.25, 0.3) is 11.1 Å². The number of pyridine rings is 1. The van der Waals surface area contributed by atoms with Gasteiger partial charge in [0.2, 0.25) is 0 Å². The largest absolute Gasteiger partial charge is 0.383 e. The van der Waals surface area contributed by atoms with Crippen LogP contribution in [0.15, 0.2) is 30.5 Å². The van der Waals surface area contributed by atoms with Gasteiger partial charge in [0.05, 0.1) is 22.5 Å². The molecule has 0 unspecified atom stereocenters. The summed E-state index contributed by atoms with van der Waals surface area (Å²) in [4.78, 5) is 4.03. The topological polar surface area (TPSA) is 62.7 Å². The van der Waals surface area contributed by atoms with E-state index in [0.29, 0.717) is 27.0 Å². The molecule has 0 radical (unpaired) electrons. The van der Waals surface area contributed by atoms with Crippen LogP contribution < -0.4 is 5.73 Å². The quantitative estimate of drug-likeness (QED) is 0.910. The van der Waals surface area contributed by atoms with Crippen molar-refractivity contribution in [2.45, 2.75) is 6.42 Å². The molecule has 1 aromatic carbocycles. The number of nitrogens with zero attached hydrogens (tertiary/aromatic N) is 2. The molecule has 0 aliphatic carbocycles. The third-order valence-corrected chi connectivity index (χ3v) is 3.18. The minimum Gasteiger partial charge on any atom is -0.383 e. The lowest BCUT2D eigenvalue weighted by Crippen LogP contribution is -1.99. The van der Waals surface area contributed by atoms with Gasteiger partial charge in [0.15, 0.2) is 0 Å². The summed E-state index contributed by atoms with van der Waals surface area (Å²) in [7, 11) is 0. The van der Waals surface area contributed by atoms with Gasteiger partial charge in [0.1, 0.15) is 5.82 Å². The average molecular weight is 278 g/mol. The minimum absolute atomic E-state index is 0.226. The number of hydrogen-bond acceptors (Lipinski definition) is 3. The summed E-state index contributed by atoms with van der Waals surface area (Å²) in [6, 6.07) is 9.05. The molecular weight excluding hydrogens is 269 g/mol. The highest BCUT2D eigenvalue weighted by atomic mass is 35.5. The first-order valence-corrected chi connectivity index (χ1v) is 5.95. The predicted octanol–water partition coefficient (Wildman–Crippen LogP) is 3.70. The molecule has 2 N–H and O–H groups in total. The molecule has 1 aromatic heterocycles. The van der Waals surface area contributed by atoms with Crippen molar-refractivity contribution in [1.29, 1.82) is 5.26 Å². The van der Waals surface area contributed by atoms with E-state index in [1.807, 2.05) is 0 Å². The van der Waals surface area contributed by atoms with Gasteiger partial charge in [-0.25, -0.2) is 4.98 Å². The molecule has 0 atom stereocenters. The summed E-state index contributed by atoms with van der Waals surface area (Å²) in [5.74, 6) is 0.317. The summed E-state index contributed by atoms with van der Waals surface area (Å²) >= 11 is 12.3. The molecule has 0 spiro atoms. The van der Waals surface area contributed by atoms with Crippen molar-refractivity contribution >= 4 is 29.0 Å². The van der Waals surface area contributed by atoms with Gasteiger partial charge < -0.3 is 5.73 Å². The lowest BCUT2D eigenvalue weighted by Gasteiger charge is -2.12. The molecule has 0 fully saturated rings. The molecular formula is C13H9Cl2N3. The molecule has 0 bridgehead atoms. The van der Waals surface area contributed by atoms with Crippen molar-refractivity contribution < 1.29 is 0 Å². The monoisotopic (exact) mass is 277 g/mol. The Morgan fingerprint density at radius 2 is 1.83 bits per heavy atom. The zero-order chi connectivity index (χ0) is 13.1. The Bertz CT molecular complexity index is 612. The fourth-order valence-corrected chi connectivity index (χ4v) is 2.36. The van der Waals surface area contributed by atoms with Crippen LogP contribution in [0.1, 0.15) is 5.56 Å². The number of rotatable bonds is 2. The van der Waals surface area contributed by atoms with Gasteiger partial charge in [-0.1, -0.05) is 29.3 Å².